The Morgan fingerprint density at radius 3 is 2.48 bits per heavy atom. The Balaban J connectivity index is 1.81. The topological polar surface area (TPSA) is 89.0 Å². The molecule has 27 heavy (non-hydrogen) atoms. The average Bonchev–Trinajstić information content (AvgIpc) is 2.62. The molecule has 0 atom stereocenters. The monoisotopic (exact) mass is 369 g/mol. The Kier molecular flexibility index (Phi) is 7.37. The predicted octanol–water partition coefficient (Wildman–Crippen LogP) is 2.96. The van der Waals surface area contributed by atoms with E-state index in [0.29, 0.717) is 11.4 Å². The van der Waals surface area contributed by atoms with E-state index in [1.807, 2.05) is 38.1 Å². The molecule has 2 amide bonds. The van der Waals surface area contributed by atoms with Crippen molar-refractivity contribution in [1.29, 1.82) is 0 Å². The molecule has 0 aliphatic carbocycles. The van der Waals surface area contributed by atoms with E-state index in [0.717, 1.165) is 11.3 Å². The maximum absolute atomic E-state index is 11.9. The van der Waals surface area contributed by atoms with Gasteiger partial charge in [0.25, 0.3) is 0 Å². The molecule has 0 spiro atoms. The van der Waals surface area contributed by atoms with Gasteiger partial charge in [-0.05, 0) is 55.8 Å². The Morgan fingerprint density at radius 1 is 1.07 bits per heavy atom. The third-order valence-electron chi connectivity index (χ3n) is 3.33. The van der Waals surface area contributed by atoms with Crippen molar-refractivity contribution in [1.82, 2.24) is 5.43 Å². The summed E-state index contributed by atoms with van der Waals surface area (Å²) < 4.78 is 10.6. The fraction of sp³-hybridized carbons (Fsp3) is 0.250. The summed E-state index contributed by atoms with van der Waals surface area (Å²) in [5.74, 6) is 0.467. The molecular formula is C20H23N3O4. The third-order valence-corrected chi connectivity index (χ3v) is 3.33. The zero-order valence-electron chi connectivity index (χ0n) is 15.6. The van der Waals surface area contributed by atoms with Crippen LogP contribution in [0.15, 0.2) is 53.6 Å². The number of nitrogens with one attached hydrogen (secondary N) is 2. The first-order valence-electron chi connectivity index (χ1n) is 8.49. The second-order valence-corrected chi connectivity index (χ2v) is 5.99. The van der Waals surface area contributed by atoms with Gasteiger partial charge in [-0.25, -0.2) is 5.43 Å². The third kappa shape index (κ3) is 7.19. The molecule has 2 aromatic rings. The van der Waals surface area contributed by atoms with E-state index in [1.54, 1.807) is 31.4 Å². The SMILES string of the molecule is COc1ccc(NC(=O)CC(=O)NN=Cc2cccc(OC(C)C)c2)cc1. The minimum absolute atomic E-state index is 0.0705. The largest absolute Gasteiger partial charge is 0.497 e. The van der Waals surface area contributed by atoms with Crippen LogP contribution in [0.1, 0.15) is 25.8 Å². The zero-order valence-corrected chi connectivity index (χ0v) is 15.6. The van der Waals surface area contributed by atoms with Crippen molar-refractivity contribution in [2.45, 2.75) is 26.4 Å². The molecule has 0 aromatic heterocycles. The molecule has 2 aromatic carbocycles. The molecule has 0 heterocycles. The average molecular weight is 369 g/mol. The molecule has 2 rings (SSSR count). The van der Waals surface area contributed by atoms with Gasteiger partial charge in [0.05, 0.1) is 19.4 Å². The fourth-order valence-corrected chi connectivity index (χ4v) is 2.18. The predicted molar refractivity (Wildman–Crippen MR) is 104 cm³/mol. The molecule has 0 aliphatic heterocycles. The molecule has 0 fully saturated rings. The molecular weight excluding hydrogens is 346 g/mol. The van der Waals surface area contributed by atoms with Crippen molar-refractivity contribution < 1.29 is 19.1 Å². The number of carbonyl (C=O) groups excluding carboxylic acids is 2. The van der Waals surface area contributed by atoms with Crippen LogP contribution in [0, 0.1) is 0 Å². The summed E-state index contributed by atoms with van der Waals surface area (Å²) >= 11 is 0. The molecule has 7 heteroatoms. The highest BCUT2D eigenvalue weighted by molar-refractivity contribution is 6.03. The van der Waals surface area contributed by atoms with Crippen molar-refractivity contribution in [2.75, 3.05) is 12.4 Å². The van der Waals surface area contributed by atoms with Crippen molar-refractivity contribution in [2.24, 2.45) is 5.10 Å². The van der Waals surface area contributed by atoms with Gasteiger partial charge >= 0.3 is 0 Å². The fourth-order valence-electron chi connectivity index (χ4n) is 2.18. The van der Waals surface area contributed by atoms with E-state index in [1.165, 1.54) is 6.21 Å². The van der Waals surface area contributed by atoms with Gasteiger partial charge in [0.1, 0.15) is 17.9 Å². The van der Waals surface area contributed by atoms with Crippen LogP contribution in [-0.4, -0.2) is 31.2 Å². The number of hydrogen-bond donors (Lipinski definition) is 2. The zero-order chi connectivity index (χ0) is 19.6. The summed E-state index contributed by atoms with van der Waals surface area (Å²) in [6, 6.07) is 14.2. The summed E-state index contributed by atoms with van der Waals surface area (Å²) in [6.45, 7) is 3.88. The number of benzene rings is 2. The number of carbonyl (C=O) groups is 2. The molecule has 0 saturated heterocycles. The van der Waals surface area contributed by atoms with Crippen molar-refractivity contribution >= 4 is 23.7 Å². The van der Waals surface area contributed by atoms with Gasteiger partial charge in [-0.2, -0.15) is 5.10 Å². The van der Waals surface area contributed by atoms with Crippen LogP contribution in [-0.2, 0) is 9.59 Å². The lowest BCUT2D eigenvalue weighted by Crippen LogP contribution is -2.24. The van der Waals surface area contributed by atoms with E-state index in [-0.39, 0.29) is 12.5 Å². The van der Waals surface area contributed by atoms with Gasteiger partial charge < -0.3 is 14.8 Å². The van der Waals surface area contributed by atoms with Gasteiger partial charge in [0.15, 0.2) is 0 Å². The summed E-state index contributed by atoms with van der Waals surface area (Å²) in [5, 5.41) is 6.50. The van der Waals surface area contributed by atoms with Crippen LogP contribution in [0.4, 0.5) is 5.69 Å². The van der Waals surface area contributed by atoms with Crippen LogP contribution in [0.2, 0.25) is 0 Å². The lowest BCUT2D eigenvalue weighted by Gasteiger charge is -2.09. The Labute approximate surface area is 158 Å². The minimum atomic E-state index is -0.508. The van der Waals surface area contributed by atoms with Crippen LogP contribution in [0.5, 0.6) is 11.5 Å². The summed E-state index contributed by atoms with van der Waals surface area (Å²) in [6.07, 6.45) is 1.23. The molecule has 0 radical (unpaired) electrons. The number of amides is 2. The maximum Gasteiger partial charge on any atom is 0.249 e. The smallest absolute Gasteiger partial charge is 0.249 e. The Morgan fingerprint density at radius 2 is 1.81 bits per heavy atom. The van der Waals surface area contributed by atoms with Gasteiger partial charge in [0, 0.05) is 5.69 Å². The standard InChI is InChI=1S/C20H23N3O4/c1-14(2)27-18-6-4-5-15(11-18)13-21-23-20(25)12-19(24)22-16-7-9-17(26-3)10-8-16/h4-11,13-14H,12H2,1-3H3,(H,22,24)(H,23,25). The first kappa shape index (κ1) is 20.0. The highest BCUT2D eigenvalue weighted by Crippen LogP contribution is 2.15. The molecule has 142 valence electrons. The van der Waals surface area contributed by atoms with E-state index < -0.39 is 11.8 Å². The molecule has 2 N–H and O–H groups in total. The summed E-state index contributed by atoms with van der Waals surface area (Å²) in [7, 11) is 1.56. The van der Waals surface area contributed by atoms with Gasteiger partial charge in [0.2, 0.25) is 11.8 Å². The second kappa shape index (κ2) is 9.96. The number of hydrazone groups is 1. The van der Waals surface area contributed by atoms with E-state index in [4.69, 9.17) is 9.47 Å². The van der Waals surface area contributed by atoms with E-state index >= 15 is 0 Å². The van der Waals surface area contributed by atoms with Gasteiger partial charge in [-0.1, -0.05) is 12.1 Å². The van der Waals surface area contributed by atoms with Crippen LogP contribution >= 0.6 is 0 Å². The van der Waals surface area contributed by atoms with Crippen molar-refractivity contribution in [3.8, 4) is 11.5 Å². The maximum atomic E-state index is 11.9. The van der Waals surface area contributed by atoms with Crippen LogP contribution in [0.3, 0.4) is 0 Å². The number of ether oxygens (including phenoxy) is 2. The Hall–Kier alpha value is -3.35. The second-order valence-electron chi connectivity index (χ2n) is 5.99. The molecule has 0 saturated carbocycles. The van der Waals surface area contributed by atoms with E-state index in [9.17, 15) is 9.59 Å². The van der Waals surface area contributed by atoms with Crippen molar-refractivity contribution in [3.63, 3.8) is 0 Å². The van der Waals surface area contributed by atoms with Gasteiger partial charge in [-0.3, -0.25) is 9.59 Å². The molecule has 0 bridgehead atoms. The number of hydrogen-bond acceptors (Lipinski definition) is 5. The first-order valence-corrected chi connectivity index (χ1v) is 8.49. The number of anilines is 1. The lowest BCUT2D eigenvalue weighted by molar-refractivity contribution is -0.126. The van der Waals surface area contributed by atoms with Crippen LogP contribution < -0.4 is 20.2 Å². The lowest BCUT2D eigenvalue weighted by atomic mass is 10.2. The first-order chi connectivity index (χ1) is 13.0. The van der Waals surface area contributed by atoms with E-state index in [2.05, 4.69) is 15.8 Å². The number of methoxy groups -OCH3 is 1. The molecule has 0 aliphatic rings. The van der Waals surface area contributed by atoms with Crippen molar-refractivity contribution in [3.05, 3.63) is 54.1 Å². The van der Waals surface area contributed by atoms with Gasteiger partial charge in [-0.15, -0.1) is 0 Å². The Bertz CT molecular complexity index is 801. The highest BCUT2D eigenvalue weighted by Gasteiger charge is 2.09. The summed E-state index contributed by atoms with van der Waals surface area (Å²) in [5.41, 5.74) is 3.69. The highest BCUT2D eigenvalue weighted by atomic mass is 16.5. The number of nitrogens with zero attached hydrogens (tertiary/aromatic N) is 1. The number of rotatable bonds is 8. The quantitative estimate of drug-likeness (QED) is 0.425. The summed E-state index contributed by atoms with van der Waals surface area (Å²) in [4.78, 5) is 23.7. The molecule has 0 unspecified atom stereocenters. The van der Waals surface area contributed by atoms with Crippen LogP contribution in [0.25, 0.3) is 0 Å². The minimum Gasteiger partial charge on any atom is -0.497 e. The molecule has 7 nitrogen and oxygen atoms in total. The normalized spacial score (nSPS) is 10.7.